The predicted molar refractivity (Wildman–Crippen MR) is 106 cm³/mol. The minimum atomic E-state index is -1.63. The smallest absolute Gasteiger partial charge is 0.243 e. The number of allylic oxidation sites excluding steroid dienone is 2. The van der Waals surface area contributed by atoms with E-state index in [2.05, 4.69) is 19.1 Å². The van der Waals surface area contributed by atoms with Crippen LogP contribution in [-0.4, -0.2) is 24.6 Å². The summed E-state index contributed by atoms with van der Waals surface area (Å²) in [4.78, 5) is 23.1. The largest absolute Gasteiger partial charge is 0.273 e. The number of rotatable bonds is 3. The van der Waals surface area contributed by atoms with Gasteiger partial charge in [0.2, 0.25) is 15.5 Å². The first-order valence-electron chi connectivity index (χ1n) is 7.63. The molecule has 1 aromatic carbocycles. The molecular formula is C17H17Cl4NO2S. The molecule has 0 aromatic heterocycles. The van der Waals surface area contributed by atoms with Crippen LogP contribution in [0, 0.1) is 18.8 Å². The van der Waals surface area contributed by atoms with Gasteiger partial charge in [-0.05, 0) is 19.8 Å². The van der Waals surface area contributed by atoms with Gasteiger partial charge in [-0.15, -0.1) is 23.2 Å². The van der Waals surface area contributed by atoms with E-state index in [0.29, 0.717) is 24.8 Å². The molecule has 0 bridgehead atoms. The van der Waals surface area contributed by atoms with Crippen LogP contribution < -0.4 is 0 Å². The van der Waals surface area contributed by atoms with Crippen LogP contribution >= 0.6 is 58.4 Å². The molecule has 2 aliphatic rings. The Bertz CT molecular complexity index is 625. The molecule has 1 heterocycles. The molecule has 3 nitrogen and oxygen atoms in total. The predicted octanol–water partition coefficient (Wildman–Crippen LogP) is 5.52. The van der Waals surface area contributed by atoms with Crippen molar-refractivity contribution in [2.75, 3.05) is 0 Å². The van der Waals surface area contributed by atoms with Gasteiger partial charge in [0.15, 0.2) is 4.84 Å². The number of halogens is 4. The summed E-state index contributed by atoms with van der Waals surface area (Å²) in [6, 6.07) is 10.3. The van der Waals surface area contributed by atoms with Crippen molar-refractivity contribution in [3.63, 3.8) is 0 Å². The summed E-state index contributed by atoms with van der Waals surface area (Å²) in [5.74, 6) is -1.19. The highest BCUT2D eigenvalue weighted by molar-refractivity contribution is 8.02. The second-order valence-corrected chi connectivity index (χ2v) is 9.86. The lowest BCUT2D eigenvalue weighted by Crippen LogP contribution is -2.31. The highest BCUT2D eigenvalue weighted by Crippen LogP contribution is 2.48. The molecule has 2 atom stereocenters. The lowest BCUT2D eigenvalue weighted by atomic mass is 9.85. The standard InChI is InChI=1S/C10H9Cl4NO2S.C7H8/c11-9(12)10(13,14)18-15-7(16)5-3-1-2-4-6(5)8(15)17;1-7-5-3-2-4-6-7/h1-2,5-6,9H,3-4H2;2-6H,1H3. The number of amides is 2. The van der Waals surface area contributed by atoms with Crippen molar-refractivity contribution in [2.45, 2.75) is 28.3 Å². The molecule has 1 aliphatic carbocycles. The number of imide groups is 1. The fraction of sp³-hybridized carbons (Fsp3) is 0.412. The maximum Gasteiger partial charge on any atom is 0.243 e. The second kappa shape index (κ2) is 9.01. The van der Waals surface area contributed by atoms with Gasteiger partial charge in [-0.3, -0.25) is 9.59 Å². The number of fused-ring (bicyclic) bond motifs is 1. The quantitative estimate of drug-likeness (QED) is 0.269. The zero-order valence-corrected chi connectivity index (χ0v) is 17.2. The van der Waals surface area contributed by atoms with E-state index in [1.54, 1.807) is 0 Å². The Kier molecular flexibility index (Phi) is 7.53. The van der Waals surface area contributed by atoms with Crippen molar-refractivity contribution in [2.24, 2.45) is 11.8 Å². The molecule has 0 N–H and O–H groups in total. The van der Waals surface area contributed by atoms with Crippen molar-refractivity contribution >= 4 is 70.2 Å². The lowest BCUT2D eigenvalue weighted by Gasteiger charge is -2.24. The van der Waals surface area contributed by atoms with E-state index in [0.717, 1.165) is 4.31 Å². The fourth-order valence-electron chi connectivity index (χ4n) is 2.56. The van der Waals surface area contributed by atoms with Crippen LogP contribution in [0.4, 0.5) is 0 Å². The first kappa shape index (κ1) is 20.9. The summed E-state index contributed by atoms with van der Waals surface area (Å²) < 4.78 is -0.630. The monoisotopic (exact) mass is 439 g/mol. The third-order valence-corrected chi connectivity index (χ3v) is 7.11. The molecule has 1 aromatic rings. The minimum absolute atomic E-state index is 0.279. The molecule has 1 saturated heterocycles. The molecule has 8 heteroatoms. The van der Waals surface area contributed by atoms with Crippen molar-refractivity contribution in [3.8, 4) is 0 Å². The summed E-state index contributed by atoms with van der Waals surface area (Å²) in [5.41, 5.74) is 1.32. The van der Waals surface area contributed by atoms with Crippen LogP contribution in [0.15, 0.2) is 42.5 Å². The van der Waals surface area contributed by atoms with E-state index in [1.807, 2.05) is 30.4 Å². The number of nitrogens with zero attached hydrogens (tertiary/aromatic N) is 1. The Hall–Kier alpha value is -0.390. The molecule has 0 spiro atoms. The topological polar surface area (TPSA) is 37.4 Å². The van der Waals surface area contributed by atoms with Gasteiger partial charge in [0.1, 0.15) is 0 Å². The molecule has 0 radical (unpaired) electrons. The van der Waals surface area contributed by atoms with Gasteiger partial charge in [-0.2, -0.15) is 0 Å². The third kappa shape index (κ3) is 5.30. The van der Waals surface area contributed by atoms with Crippen molar-refractivity contribution in [1.29, 1.82) is 0 Å². The highest BCUT2D eigenvalue weighted by Gasteiger charge is 2.51. The van der Waals surface area contributed by atoms with Crippen molar-refractivity contribution < 1.29 is 9.59 Å². The third-order valence-electron chi connectivity index (χ3n) is 3.87. The first-order valence-corrected chi connectivity index (χ1v) is 10.0. The number of carbonyl (C=O) groups excluding carboxylic acids is 2. The average Bonchev–Trinajstić information content (AvgIpc) is 2.81. The van der Waals surface area contributed by atoms with Crippen LogP contribution in [0.25, 0.3) is 0 Å². The molecule has 0 saturated carbocycles. The summed E-state index contributed by atoms with van der Waals surface area (Å²) in [6.07, 6.45) is 4.94. The summed E-state index contributed by atoms with van der Waals surface area (Å²) in [7, 11) is 0. The van der Waals surface area contributed by atoms with Gasteiger partial charge in [0.05, 0.1) is 11.8 Å². The van der Waals surface area contributed by atoms with Crippen LogP contribution in [0.2, 0.25) is 0 Å². The molecule has 1 aliphatic heterocycles. The van der Waals surface area contributed by atoms with Gasteiger partial charge in [0.25, 0.3) is 0 Å². The van der Waals surface area contributed by atoms with Gasteiger partial charge in [0, 0.05) is 11.9 Å². The fourth-order valence-corrected chi connectivity index (χ4v) is 3.98. The number of hydrogen-bond acceptors (Lipinski definition) is 3. The zero-order valence-electron chi connectivity index (χ0n) is 13.4. The van der Waals surface area contributed by atoms with E-state index in [4.69, 9.17) is 46.4 Å². The first-order chi connectivity index (χ1) is 11.7. The lowest BCUT2D eigenvalue weighted by molar-refractivity contribution is -0.133. The molecule has 1 fully saturated rings. The maximum atomic E-state index is 12.1. The van der Waals surface area contributed by atoms with Crippen molar-refractivity contribution in [1.82, 2.24) is 4.31 Å². The second-order valence-electron chi connectivity index (χ2n) is 5.74. The maximum absolute atomic E-state index is 12.1. The van der Waals surface area contributed by atoms with E-state index < -0.39 is 8.50 Å². The van der Waals surface area contributed by atoms with Gasteiger partial charge >= 0.3 is 0 Å². The zero-order chi connectivity index (χ0) is 18.6. The highest BCUT2D eigenvalue weighted by atomic mass is 35.5. The SMILES string of the molecule is Cc1ccccc1.O=C1C2CC=CCC2C(=O)N1SC(Cl)(Cl)C(Cl)Cl. The van der Waals surface area contributed by atoms with Crippen LogP contribution in [-0.2, 0) is 9.59 Å². The minimum Gasteiger partial charge on any atom is -0.273 e. The number of carbonyl (C=O) groups is 2. The summed E-state index contributed by atoms with van der Waals surface area (Å²) >= 11 is 23.7. The molecule has 25 heavy (non-hydrogen) atoms. The Morgan fingerprint density at radius 1 is 1.04 bits per heavy atom. The average molecular weight is 441 g/mol. The molecule has 136 valence electrons. The van der Waals surface area contributed by atoms with E-state index >= 15 is 0 Å². The molecule has 2 unspecified atom stereocenters. The van der Waals surface area contributed by atoms with Gasteiger partial charge in [-0.1, -0.05) is 71.2 Å². The summed E-state index contributed by atoms with van der Waals surface area (Å²) in [6.45, 7) is 2.08. The Labute approximate surface area is 171 Å². The Morgan fingerprint density at radius 2 is 1.52 bits per heavy atom. The number of alkyl halides is 4. The van der Waals surface area contributed by atoms with Crippen LogP contribution in [0.1, 0.15) is 18.4 Å². The Balaban J connectivity index is 0.000000269. The number of benzene rings is 1. The van der Waals surface area contributed by atoms with Gasteiger partial charge in [-0.25, -0.2) is 4.31 Å². The number of aryl methyl sites for hydroxylation is 1. The number of hydrogen-bond donors (Lipinski definition) is 0. The van der Waals surface area contributed by atoms with Crippen LogP contribution in [0.3, 0.4) is 0 Å². The van der Waals surface area contributed by atoms with E-state index in [9.17, 15) is 9.59 Å². The normalized spacial score (nSPS) is 22.7. The summed E-state index contributed by atoms with van der Waals surface area (Å²) in [5, 5.41) is 0. The Morgan fingerprint density at radius 3 is 1.88 bits per heavy atom. The van der Waals surface area contributed by atoms with E-state index in [-0.39, 0.29) is 23.7 Å². The molecule has 2 amide bonds. The van der Waals surface area contributed by atoms with Crippen LogP contribution in [0.5, 0.6) is 0 Å². The van der Waals surface area contributed by atoms with Crippen molar-refractivity contribution in [3.05, 3.63) is 48.0 Å². The molecular weight excluding hydrogens is 424 g/mol. The molecule has 3 rings (SSSR count). The van der Waals surface area contributed by atoms with Gasteiger partial charge < -0.3 is 0 Å². The van der Waals surface area contributed by atoms with E-state index in [1.165, 1.54) is 5.56 Å².